The average molecular weight is 866 g/mol. The number of aliphatic imine (C=N–C) groups is 1. The van der Waals surface area contributed by atoms with Gasteiger partial charge in [0.2, 0.25) is 0 Å². The van der Waals surface area contributed by atoms with E-state index >= 15 is 0 Å². The van der Waals surface area contributed by atoms with Gasteiger partial charge in [0.15, 0.2) is 0 Å². The zero-order chi connectivity index (χ0) is 45.6. The topological polar surface area (TPSA) is 39.4 Å². The number of nitriles is 1. The summed E-state index contributed by atoms with van der Waals surface area (Å²) in [5.41, 5.74) is 21.5. The molecule has 3 heteroatoms. The lowest BCUT2D eigenvalue weighted by Crippen LogP contribution is -2.10. The fourth-order valence-corrected chi connectivity index (χ4v) is 10.4. The van der Waals surface area contributed by atoms with E-state index in [0.717, 1.165) is 50.4 Å². The van der Waals surface area contributed by atoms with E-state index in [1.807, 2.05) is 30.5 Å². The summed E-state index contributed by atoms with van der Waals surface area (Å²) in [4.78, 5) is 6.59. The van der Waals surface area contributed by atoms with Crippen LogP contribution in [-0.4, -0.2) is 13.3 Å². The third-order valence-corrected chi connectivity index (χ3v) is 13.4. The van der Waals surface area contributed by atoms with Crippen LogP contribution in [-0.2, 0) is 0 Å². The Morgan fingerprint density at radius 2 is 0.853 bits per heavy atom. The first-order valence-electron chi connectivity index (χ1n) is 23.0. The van der Waals surface area contributed by atoms with Crippen LogP contribution in [0.3, 0.4) is 0 Å². The summed E-state index contributed by atoms with van der Waals surface area (Å²) in [6.07, 6.45) is 1.87. The second-order valence-electron chi connectivity index (χ2n) is 17.4. The van der Waals surface area contributed by atoms with Gasteiger partial charge in [0, 0.05) is 30.3 Å². The molecule has 11 aromatic rings. The minimum absolute atomic E-state index is 0.634. The molecule has 318 valence electrons. The summed E-state index contributed by atoms with van der Waals surface area (Å²) in [6, 6.07) is 87.4. The molecule has 0 bridgehead atoms. The first kappa shape index (κ1) is 40.4. The van der Waals surface area contributed by atoms with Crippen molar-refractivity contribution >= 4 is 44.8 Å². The molecule has 0 heterocycles. The van der Waals surface area contributed by atoms with Crippen LogP contribution in [0.15, 0.2) is 242 Å². The number of para-hydroxylation sites is 1. The molecule has 0 unspecified atom stereocenters. The Kier molecular flexibility index (Phi) is 10.1. The number of fused-ring (bicyclic) bond motifs is 4. The molecule has 1 aliphatic carbocycles. The summed E-state index contributed by atoms with van der Waals surface area (Å²) < 4.78 is 0. The Morgan fingerprint density at radius 1 is 0.368 bits per heavy atom. The van der Waals surface area contributed by atoms with E-state index in [1.165, 1.54) is 71.6 Å². The molecule has 11 aromatic carbocycles. The van der Waals surface area contributed by atoms with Crippen molar-refractivity contribution in [2.75, 3.05) is 11.9 Å². The monoisotopic (exact) mass is 865 g/mol. The number of nitrogens with zero attached hydrogens (tertiary/aromatic N) is 3. The highest BCUT2D eigenvalue weighted by Crippen LogP contribution is 2.58. The number of anilines is 3. The van der Waals surface area contributed by atoms with E-state index < -0.39 is 0 Å². The van der Waals surface area contributed by atoms with Gasteiger partial charge in [-0.1, -0.05) is 182 Å². The Balaban J connectivity index is 1.06. The van der Waals surface area contributed by atoms with Gasteiger partial charge in [-0.2, -0.15) is 5.26 Å². The zero-order valence-corrected chi connectivity index (χ0v) is 37.4. The Hall–Kier alpha value is -9.10. The van der Waals surface area contributed by atoms with Crippen molar-refractivity contribution in [3.05, 3.63) is 248 Å². The third kappa shape index (κ3) is 6.95. The molecule has 0 spiro atoms. The summed E-state index contributed by atoms with van der Waals surface area (Å²) in [7, 11) is 1.79. The SMILES string of the molecule is C/N=C\c1ccc(-c2cc(-c3ccc(C#N)cc3)cc(N(c3ccccc3)c3cccc(-c4ccc5c6c(cccc46)-c4c-5c(-c5ccccc5)c5ccccc5c4-c4ccccc4)c3)c2)cc1. The first-order valence-corrected chi connectivity index (χ1v) is 23.0. The van der Waals surface area contributed by atoms with Crippen LogP contribution in [0.5, 0.6) is 0 Å². The minimum Gasteiger partial charge on any atom is -0.310 e. The van der Waals surface area contributed by atoms with Gasteiger partial charge in [-0.05, 0) is 160 Å². The normalized spacial score (nSPS) is 11.5. The van der Waals surface area contributed by atoms with Gasteiger partial charge in [-0.25, -0.2) is 0 Å². The van der Waals surface area contributed by atoms with Gasteiger partial charge in [0.05, 0.1) is 11.6 Å². The van der Waals surface area contributed by atoms with Crippen LogP contribution in [0.4, 0.5) is 17.1 Å². The lowest BCUT2D eigenvalue weighted by atomic mass is 9.82. The molecule has 0 radical (unpaired) electrons. The van der Waals surface area contributed by atoms with Gasteiger partial charge in [-0.15, -0.1) is 0 Å². The maximum Gasteiger partial charge on any atom is 0.0991 e. The van der Waals surface area contributed by atoms with Gasteiger partial charge in [0.25, 0.3) is 0 Å². The van der Waals surface area contributed by atoms with Crippen molar-refractivity contribution in [1.29, 1.82) is 5.26 Å². The van der Waals surface area contributed by atoms with Gasteiger partial charge in [0.1, 0.15) is 0 Å². The van der Waals surface area contributed by atoms with E-state index in [1.54, 1.807) is 7.05 Å². The molecule has 0 saturated heterocycles. The van der Waals surface area contributed by atoms with Crippen molar-refractivity contribution in [2.24, 2.45) is 4.99 Å². The molecule has 0 amide bonds. The summed E-state index contributed by atoms with van der Waals surface area (Å²) in [5, 5.41) is 14.7. The first-order chi connectivity index (χ1) is 33.6. The molecule has 68 heavy (non-hydrogen) atoms. The smallest absolute Gasteiger partial charge is 0.0991 e. The number of hydrogen-bond donors (Lipinski definition) is 0. The molecule has 0 aromatic heterocycles. The van der Waals surface area contributed by atoms with Crippen LogP contribution in [0.2, 0.25) is 0 Å². The fraction of sp³-hybridized carbons (Fsp3) is 0.0154. The Morgan fingerprint density at radius 3 is 1.46 bits per heavy atom. The van der Waals surface area contributed by atoms with Gasteiger partial charge in [-0.3, -0.25) is 4.99 Å². The molecule has 1 aliphatic rings. The molecule has 0 aliphatic heterocycles. The van der Waals surface area contributed by atoms with Crippen molar-refractivity contribution < 1.29 is 0 Å². The summed E-state index contributed by atoms with van der Waals surface area (Å²) in [6.45, 7) is 0. The highest BCUT2D eigenvalue weighted by molar-refractivity contribution is 6.28. The van der Waals surface area contributed by atoms with Gasteiger partial charge < -0.3 is 4.90 Å². The lowest BCUT2D eigenvalue weighted by Gasteiger charge is -2.27. The standard InChI is InChI=1S/C65H43N3/c1-67-42-44-29-33-46(34-30-44)51-37-50(45-31-27-43(41-66)28-32-45)39-54(40-51)68(52-20-9-4-10-21-52)53-22-13-19-49(38-53)55-35-36-60-63-56(55)25-14-26-59(63)64-61(47-15-5-2-6-16-47)57-23-11-12-24-58(57)62(65(60)64)48-17-7-3-8-18-48/h2-40,42H,1H3/b67-42-. The molecule has 3 nitrogen and oxygen atoms in total. The van der Waals surface area contributed by atoms with E-state index in [4.69, 9.17) is 0 Å². The van der Waals surface area contributed by atoms with Crippen molar-refractivity contribution in [3.8, 4) is 84.0 Å². The average Bonchev–Trinajstić information content (AvgIpc) is 3.73. The Labute approximate surface area is 396 Å². The minimum atomic E-state index is 0.634. The van der Waals surface area contributed by atoms with Crippen molar-refractivity contribution in [2.45, 2.75) is 0 Å². The predicted octanol–water partition coefficient (Wildman–Crippen LogP) is 17.4. The number of hydrogen-bond acceptors (Lipinski definition) is 3. The highest BCUT2D eigenvalue weighted by Gasteiger charge is 2.31. The Bertz CT molecular complexity index is 3680. The molecular weight excluding hydrogens is 823 g/mol. The van der Waals surface area contributed by atoms with Crippen LogP contribution < -0.4 is 4.90 Å². The number of benzene rings is 11. The molecule has 0 N–H and O–H groups in total. The van der Waals surface area contributed by atoms with Crippen LogP contribution in [0.1, 0.15) is 11.1 Å². The molecule has 0 fully saturated rings. The van der Waals surface area contributed by atoms with Crippen molar-refractivity contribution in [3.63, 3.8) is 0 Å². The highest BCUT2D eigenvalue weighted by atomic mass is 15.1. The quantitative estimate of drug-likeness (QED) is 0.136. The fourth-order valence-electron chi connectivity index (χ4n) is 10.4. The zero-order valence-electron chi connectivity index (χ0n) is 37.4. The third-order valence-electron chi connectivity index (χ3n) is 13.4. The van der Waals surface area contributed by atoms with E-state index in [-0.39, 0.29) is 0 Å². The van der Waals surface area contributed by atoms with Crippen LogP contribution in [0.25, 0.3) is 99.4 Å². The second kappa shape index (κ2) is 17.0. The predicted molar refractivity (Wildman–Crippen MR) is 286 cm³/mol. The molecule has 0 atom stereocenters. The van der Waals surface area contributed by atoms with Crippen LogP contribution in [0, 0.1) is 11.3 Å². The van der Waals surface area contributed by atoms with Crippen LogP contribution >= 0.6 is 0 Å². The maximum atomic E-state index is 9.63. The second-order valence-corrected chi connectivity index (χ2v) is 17.4. The summed E-state index contributed by atoms with van der Waals surface area (Å²) >= 11 is 0. The number of rotatable bonds is 9. The van der Waals surface area contributed by atoms with E-state index in [0.29, 0.717) is 5.56 Å². The van der Waals surface area contributed by atoms with Gasteiger partial charge >= 0.3 is 0 Å². The molecule has 0 saturated carbocycles. The maximum absolute atomic E-state index is 9.63. The van der Waals surface area contributed by atoms with E-state index in [2.05, 4.69) is 228 Å². The molecular formula is C65H43N3. The van der Waals surface area contributed by atoms with Crippen molar-refractivity contribution in [1.82, 2.24) is 0 Å². The summed E-state index contributed by atoms with van der Waals surface area (Å²) in [5.74, 6) is 0. The molecule has 12 rings (SSSR count). The lowest BCUT2D eigenvalue weighted by molar-refractivity contribution is 1.28. The van der Waals surface area contributed by atoms with E-state index in [9.17, 15) is 5.26 Å². The largest absolute Gasteiger partial charge is 0.310 e.